The fraction of sp³-hybridized carbons (Fsp3) is 0.263. The SMILES string of the molecule is Cl.O=C(c1ccc(Cl)c(Cl)c1)c1ccccc1C(=O)N1CCCNCC1. The smallest absolute Gasteiger partial charge is 0.254 e. The second-order valence-electron chi connectivity index (χ2n) is 5.90. The number of hydrogen-bond acceptors (Lipinski definition) is 3. The van der Waals surface area contributed by atoms with Gasteiger partial charge in [0.1, 0.15) is 0 Å². The number of nitrogens with one attached hydrogen (secondary N) is 1. The fourth-order valence-electron chi connectivity index (χ4n) is 2.88. The van der Waals surface area contributed by atoms with Gasteiger partial charge in [-0.3, -0.25) is 9.59 Å². The Bertz CT molecular complexity index is 803. The molecule has 1 fully saturated rings. The van der Waals surface area contributed by atoms with Gasteiger partial charge < -0.3 is 10.2 Å². The Labute approximate surface area is 168 Å². The Morgan fingerprint density at radius 3 is 2.38 bits per heavy atom. The molecule has 138 valence electrons. The molecule has 1 amide bonds. The molecule has 1 N–H and O–H groups in total. The second-order valence-corrected chi connectivity index (χ2v) is 6.71. The summed E-state index contributed by atoms with van der Waals surface area (Å²) in [6, 6.07) is 11.6. The van der Waals surface area contributed by atoms with E-state index < -0.39 is 0 Å². The minimum Gasteiger partial charge on any atom is -0.337 e. The van der Waals surface area contributed by atoms with Crippen LogP contribution in [-0.2, 0) is 0 Å². The summed E-state index contributed by atoms with van der Waals surface area (Å²) in [5, 5.41) is 3.97. The number of amides is 1. The molecule has 1 aliphatic heterocycles. The first-order valence-corrected chi connectivity index (χ1v) is 8.92. The molecule has 26 heavy (non-hydrogen) atoms. The largest absolute Gasteiger partial charge is 0.337 e. The molecule has 0 spiro atoms. The van der Waals surface area contributed by atoms with Crippen molar-refractivity contribution in [3.05, 3.63) is 69.2 Å². The molecule has 0 atom stereocenters. The van der Waals surface area contributed by atoms with E-state index in [4.69, 9.17) is 23.2 Å². The van der Waals surface area contributed by atoms with Gasteiger partial charge in [-0.05, 0) is 37.2 Å². The van der Waals surface area contributed by atoms with Gasteiger partial charge in [-0.15, -0.1) is 12.4 Å². The molecule has 2 aromatic rings. The van der Waals surface area contributed by atoms with Crippen LogP contribution >= 0.6 is 35.6 Å². The van der Waals surface area contributed by atoms with Crippen LogP contribution in [0, 0.1) is 0 Å². The summed E-state index contributed by atoms with van der Waals surface area (Å²) in [5.41, 5.74) is 1.20. The monoisotopic (exact) mass is 412 g/mol. The molecular weight excluding hydrogens is 395 g/mol. The van der Waals surface area contributed by atoms with Crippen LogP contribution in [0.15, 0.2) is 42.5 Å². The Morgan fingerprint density at radius 2 is 1.65 bits per heavy atom. The molecule has 1 aliphatic rings. The highest BCUT2D eigenvalue weighted by atomic mass is 35.5. The molecule has 3 rings (SSSR count). The van der Waals surface area contributed by atoms with Gasteiger partial charge in [-0.2, -0.15) is 0 Å². The Morgan fingerprint density at radius 1 is 0.923 bits per heavy atom. The fourth-order valence-corrected chi connectivity index (χ4v) is 3.18. The lowest BCUT2D eigenvalue weighted by molar-refractivity contribution is 0.0762. The van der Waals surface area contributed by atoms with Crippen molar-refractivity contribution in [3.63, 3.8) is 0 Å². The first-order valence-electron chi connectivity index (χ1n) is 8.16. The van der Waals surface area contributed by atoms with Crippen molar-refractivity contribution in [1.82, 2.24) is 10.2 Å². The number of hydrogen-bond donors (Lipinski definition) is 1. The van der Waals surface area contributed by atoms with Crippen LogP contribution in [0.3, 0.4) is 0 Å². The second kappa shape index (κ2) is 9.38. The van der Waals surface area contributed by atoms with Crippen LogP contribution in [0.25, 0.3) is 0 Å². The lowest BCUT2D eigenvalue weighted by Gasteiger charge is -2.21. The summed E-state index contributed by atoms with van der Waals surface area (Å²) in [7, 11) is 0. The zero-order valence-electron chi connectivity index (χ0n) is 14.0. The van der Waals surface area contributed by atoms with E-state index in [1.54, 1.807) is 41.3 Å². The van der Waals surface area contributed by atoms with Gasteiger partial charge in [-0.1, -0.05) is 41.4 Å². The summed E-state index contributed by atoms with van der Waals surface area (Å²) in [6.45, 7) is 2.97. The van der Waals surface area contributed by atoms with E-state index in [0.29, 0.717) is 39.8 Å². The van der Waals surface area contributed by atoms with E-state index in [9.17, 15) is 9.59 Å². The third kappa shape index (κ3) is 4.57. The third-order valence-electron chi connectivity index (χ3n) is 4.21. The van der Waals surface area contributed by atoms with Crippen LogP contribution in [0.2, 0.25) is 10.0 Å². The number of rotatable bonds is 3. The number of carbonyl (C=O) groups is 2. The lowest BCUT2D eigenvalue weighted by Crippen LogP contribution is -2.35. The van der Waals surface area contributed by atoms with E-state index >= 15 is 0 Å². The van der Waals surface area contributed by atoms with Crippen LogP contribution in [-0.4, -0.2) is 42.8 Å². The molecule has 0 bridgehead atoms. The minimum absolute atomic E-state index is 0. The summed E-state index contributed by atoms with van der Waals surface area (Å²) < 4.78 is 0. The quantitative estimate of drug-likeness (QED) is 0.771. The third-order valence-corrected chi connectivity index (χ3v) is 4.95. The van der Waals surface area contributed by atoms with Gasteiger partial charge in [0.15, 0.2) is 5.78 Å². The number of ketones is 1. The van der Waals surface area contributed by atoms with Crippen LogP contribution in [0.1, 0.15) is 32.7 Å². The highest BCUT2D eigenvalue weighted by molar-refractivity contribution is 6.42. The molecule has 0 unspecified atom stereocenters. The molecule has 7 heteroatoms. The Kier molecular flexibility index (Phi) is 7.47. The molecule has 0 radical (unpaired) electrons. The van der Waals surface area contributed by atoms with E-state index in [-0.39, 0.29) is 24.1 Å². The average molecular weight is 414 g/mol. The van der Waals surface area contributed by atoms with Crippen LogP contribution < -0.4 is 5.32 Å². The Hall–Kier alpha value is -1.59. The van der Waals surface area contributed by atoms with E-state index in [2.05, 4.69) is 5.32 Å². The van der Waals surface area contributed by atoms with Gasteiger partial charge >= 0.3 is 0 Å². The molecule has 0 aliphatic carbocycles. The molecule has 0 aromatic heterocycles. The minimum atomic E-state index is -0.240. The zero-order valence-corrected chi connectivity index (χ0v) is 16.3. The Balaban J connectivity index is 0.00000243. The van der Waals surface area contributed by atoms with Crippen molar-refractivity contribution in [2.45, 2.75) is 6.42 Å². The van der Waals surface area contributed by atoms with E-state index in [0.717, 1.165) is 19.5 Å². The van der Waals surface area contributed by atoms with Crippen molar-refractivity contribution in [1.29, 1.82) is 0 Å². The van der Waals surface area contributed by atoms with E-state index in [1.807, 2.05) is 0 Å². The topological polar surface area (TPSA) is 49.4 Å². The molecule has 1 saturated heterocycles. The predicted molar refractivity (Wildman–Crippen MR) is 107 cm³/mol. The summed E-state index contributed by atoms with van der Waals surface area (Å²) in [5.74, 6) is -0.358. The summed E-state index contributed by atoms with van der Waals surface area (Å²) >= 11 is 11.9. The van der Waals surface area contributed by atoms with Crippen molar-refractivity contribution in [2.75, 3.05) is 26.2 Å². The first-order chi connectivity index (χ1) is 12.1. The van der Waals surface area contributed by atoms with Gasteiger partial charge in [-0.25, -0.2) is 0 Å². The number of halogens is 3. The van der Waals surface area contributed by atoms with Gasteiger partial charge in [0.2, 0.25) is 0 Å². The van der Waals surface area contributed by atoms with Crippen molar-refractivity contribution in [2.24, 2.45) is 0 Å². The highest BCUT2D eigenvalue weighted by Crippen LogP contribution is 2.25. The number of nitrogens with zero attached hydrogens (tertiary/aromatic N) is 1. The van der Waals surface area contributed by atoms with Gasteiger partial charge in [0.25, 0.3) is 5.91 Å². The molecule has 0 saturated carbocycles. The molecule has 4 nitrogen and oxygen atoms in total. The predicted octanol–water partition coefficient (Wildman–Crippen LogP) is 4.08. The summed E-state index contributed by atoms with van der Waals surface area (Å²) in [4.78, 5) is 27.6. The molecule has 2 aromatic carbocycles. The maximum atomic E-state index is 12.9. The summed E-state index contributed by atoms with van der Waals surface area (Å²) in [6.07, 6.45) is 0.897. The van der Waals surface area contributed by atoms with Crippen LogP contribution in [0.5, 0.6) is 0 Å². The standard InChI is InChI=1S/C19H18Cl2N2O2.ClH/c20-16-7-6-13(12-17(16)21)18(24)14-4-1-2-5-15(14)19(25)23-10-3-8-22-9-11-23;/h1-2,4-7,12,22H,3,8-11H2;1H. The van der Waals surface area contributed by atoms with Crippen molar-refractivity contribution in [3.8, 4) is 0 Å². The van der Waals surface area contributed by atoms with Crippen LogP contribution in [0.4, 0.5) is 0 Å². The van der Waals surface area contributed by atoms with Gasteiger partial charge in [0, 0.05) is 30.8 Å². The van der Waals surface area contributed by atoms with Crippen molar-refractivity contribution >= 4 is 47.3 Å². The van der Waals surface area contributed by atoms with E-state index in [1.165, 1.54) is 6.07 Å². The lowest BCUT2D eigenvalue weighted by atomic mass is 9.97. The maximum absolute atomic E-state index is 12.9. The number of benzene rings is 2. The zero-order chi connectivity index (χ0) is 17.8. The van der Waals surface area contributed by atoms with Gasteiger partial charge in [0.05, 0.1) is 15.6 Å². The maximum Gasteiger partial charge on any atom is 0.254 e. The average Bonchev–Trinajstić information content (AvgIpc) is 2.92. The number of carbonyl (C=O) groups excluding carboxylic acids is 2. The first kappa shape index (κ1) is 20.7. The molecule has 1 heterocycles. The van der Waals surface area contributed by atoms with Crippen molar-refractivity contribution < 1.29 is 9.59 Å². The highest BCUT2D eigenvalue weighted by Gasteiger charge is 2.23. The molecular formula is C19H19Cl3N2O2. The normalized spacial score (nSPS) is 14.3.